The van der Waals surface area contributed by atoms with Gasteiger partial charge in [0.05, 0.1) is 5.39 Å². The minimum atomic E-state index is -0.961. The lowest BCUT2D eigenvalue weighted by Crippen LogP contribution is -2.18. The Labute approximate surface area is 190 Å². The van der Waals surface area contributed by atoms with E-state index in [4.69, 9.17) is 25.2 Å². The molecule has 3 aromatic heterocycles. The second kappa shape index (κ2) is 7.68. The van der Waals surface area contributed by atoms with Crippen LogP contribution in [0, 0.1) is 0 Å². The number of anilines is 1. The van der Waals surface area contributed by atoms with Gasteiger partial charge in [-0.1, -0.05) is 41.9 Å². The predicted molar refractivity (Wildman–Crippen MR) is 118 cm³/mol. The molecule has 1 aliphatic carbocycles. The van der Waals surface area contributed by atoms with Crippen molar-refractivity contribution in [2.75, 3.05) is 5.32 Å². The zero-order chi connectivity index (χ0) is 22.5. The second-order valence-corrected chi connectivity index (χ2v) is 8.99. The fourth-order valence-electron chi connectivity index (χ4n) is 3.51. The fourth-order valence-corrected chi connectivity index (χ4v) is 4.35. The van der Waals surface area contributed by atoms with E-state index in [0.717, 1.165) is 17.1 Å². The Balaban J connectivity index is 1.36. The van der Waals surface area contributed by atoms with Crippen LogP contribution >= 0.6 is 23.1 Å². The summed E-state index contributed by atoms with van der Waals surface area (Å²) in [5.41, 5.74) is 0.492. The average molecular weight is 473 g/mol. The number of halogens is 1. The lowest BCUT2D eigenvalue weighted by atomic mass is 10.0. The van der Waals surface area contributed by atoms with Crippen LogP contribution in [-0.4, -0.2) is 21.5 Å². The maximum absolute atomic E-state index is 12.5. The van der Waals surface area contributed by atoms with Crippen molar-refractivity contribution in [2.24, 2.45) is 0 Å². The first-order valence-electron chi connectivity index (χ1n) is 9.83. The number of amides is 1. The molecule has 0 aliphatic heterocycles. The number of carboxylic acids is 1. The van der Waals surface area contributed by atoms with E-state index in [1.165, 1.54) is 0 Å². The summed E-state index contributed by atoms with van der Waals surface area (Å²) in [5.74, 6) is -0.00789. The minimum absolute atomic E-state index is 0.192. The number of benzene rings is 1. The van der Waals surface area contributed by atoms with Crippen LogP contribution in [0.5, 0.6) is 0 Å². The Bertz CT molecular complexity index is 1290. The molecule has 10 heteroatoms. The summed E-state index contributed by atoms with van der Waals surface area (Å²) >= 11 is 7.24. The largest absolute Gasteiger partial charge is 0.480 e. The number of rotatable bonds is 6. The summed E-state index contributed by atoms with van der Waals surface area (Å²) in [7, 11) is 0. The summed E-state index contributed by atoms with van der Waals surface area (Å²) in [6, 6.07) is 12.7. The van der Waals surface area contributed by atoms with Crippen LogP contribution in [0.2, 0.25) is 4.34 Å². The third-order valence-corrected chi connectivity index (χ3v) is 6.54. The maximum Gasteiger partial charge on any atom is 0.412 e. The molecule has 1 amide bonds. The molecule has 32 heavy (non-hydrogen) atoms. The van der Waals surface area contributed by atoms with Crippen LogP contribution in [0.4, 0.5) is 10.5 Å². The second-order valence-electron chi connectivity index (χ2n) is 7.61. The van der Waals surface area contributed by atoms with Crippen LogP contribution in [0.3, 0.4) is 0 Å². The minimum Gasteiger partial charge on any atom is -0.480 e. The number of carbonyl (C=O) groups excluding carboxylic acids is 1. The standard InChI is InChI=1S/C22H17ClN2O6S/c1-11(12-5-3-2-4-6-12)29-21(28)24-17-16(25-32-18(17)23)14-9-13-10-15(31-19(13)30-14)22(7-8-22)20(26)27/h2-6,9-11H,7-8H2,1H3,(H,24,28)(H,26,27). The van der Waals surface area contributed by atoms with Crippen molar-refractivity contribution in [3.63, 3.8) is 0 Å². The zero-order valence-electron chi connectivity index (χ0n) is 16.8. The van der Waals surface area contributed by atoms with Crippen molar-refractivity contribution in [1.82, 2.24) is 4.37 Å². The summed E-state index contributed by atoms with van der Waals surface area (Å²) in [5, 5.41) is 12.7. The zero-order valence-corrected chi connectivity index (χ0v) is 18.3. The average Bonchev–Trinajstić information content (AvgIpc) is 3.18. The molecule has 4 aromatic rings. The van der Waals surface area contributed by atoms with E-state index < -0.39 is 23.6 Å². The molecule has 1 aliphatic rings. The molecule has 0 bridgehead atoms. The van der Waals surface area contributed by atoms with E-state index in [-0.39, 0.29) is 15.8 Å². The lowest BCUT2D eigenvalue weighted by molar-refractivity contribution is -0.140. The van der Waals surface area contributed by atoms with Crippen molar-refractivity contribution in [2.45, 2.75) is 31.3 Å². The van der Waals surface area contributed by atoms with Crippen LogP contribution in [0.1, 0.15) is 37.2 Å². The van der Waals surface area contributed by atoms with Gasteiger partial charge in [0.15, 0.2) is 5.76 Å². The van der Waals surface area contributed by atoms with Gasteiger partial charge in [0, 0.05) is 0 Å². The quantitative estimate of drug-likeness (QED) is 0.341. The van der Waals surface area contributed by atoms with Crippen molar-refractivity contribution < 1.29 is 28.3 Å². The molecule has 8 nitrogen and oxygen atoms in total. The number of hydrogen-bond acceptors (Lipinski definition) is 7. The monoisotopic (exact) mass is 472 g/mol. The van der Waals surface area contributed by atoms with Crippen molar-refractivity contribution in [3.8, 4) is 11.5 Å². The number of hydrogen-bond donors (Lipinski definition) is 2. The molecule has 1 aromatic carbocycles. The Morgan fingerprint density at radius 3 is 2.66 bits per heavy atom. The summed E-state index contributed by atoms with van der Waals surface area (Å²) in [6.45, 7) is 1.77. The van der Waals surface area contributed by atoms with Crippen molar-refractivity contribution in [3.05, 3.63) is 58.1 Å². The Hall–Kier alpha value is -3.30. The number of aromatic nitrogens is 1. The molecule has 1 unspecified atom stereocenters. The van der Waals surface area contributed by atoms with Crippen LogP contribution < -0.4 is 5.32 Å². The van der Waals surface area contributed by atoms with Crippen molar-refractivity contribution in [1.29, 1.82) is 0 Å². The van der Waals surface area contributed by atoms with Crippen LogP contribution in [-0.2, 0) is 14.9 Å². The van der Waals surface area contributed by atoms with E-state index in [1.54, 1.807) is 19.1 Å². The summed E-state index contributed by atoms with van der Waals surface area (Å²) < 4.78 is 21.4. The molecule has 2 N–H and O–H groups in total. The smallest absolute Gasteiger partial charge is 0.412 e. The number of ether oxygens (including phenoxy) is 1. The first kappa shape index (κ1) is 20.6. The number of aliphatic carboxylic acids is 1. The van der Waals surface area contributed by atoms with Gasteiger partial charge in [0.25, 0.3) is 5.78 Å². The summed E-state index contributed by atoms with van der Waals surface area (Å²) in [6.07, 6.45) is -0.0763. The normalized spacial score (nSPS) is 15.4. The van der Waals surface area contributed by atoms with Gasteiger partial charge in [-0.15, -0.1) is 0 Å². The number of fused-ring (bicyclic) bond motifs is 1. The molecule has 1 saturated carbocycles. The van der Waals surface area contributed by atoms with Gasteiger partial charge in [-0.3, -0.25) is 10.1 Å². The maximum atomic E-state index is 12.5. The highest BCUT2D eigenvalue weighted by molar-refractivity contribution is 7.11. The van der Waals surface area contributed by atoms with Gasteiger partial charge in [0.2, 0.25) is 0 Å². The Kier molecular flexibility index (Phi) is 4.94. The van der Waals surface area contributed by atoms with E-state index in [9.17, 15) is 14.7 Å². The molecular weight excluding hydrogens is 456 g/mol. The van der Waals surface area contributed by atoms with E-state index in [0.29, 0.717) is 35.4 Å². The van der Waals surface area contributed by atoms with E-state index >= 15 is 0 Å². The number of nitrogens with one attached hydrogen (secondary N) is 1. The predicted octanol–water partition coefficient (Wildman–Crippen LogP) is 6.23. The SMILES string of the molecule is CC(OC(=O)Nc1c(-c2cc3cc(C4(C(=O)O)CC4)oc3o2)nsc1Cl)c1ccccc1. The fraction of sp³-hybridized carbons (Fsp3) is 0.227. The van der Waals surface area contributed by atoms with E-state index in [2.05, 4.69) is 9.69 Å². The molecule has 1 atom stereocenters. The highest BCUT2D eigenvalue weighted by Crippen LogP contribution is 2.50. The van der Waals surface area contributed by atoms with Crippen LogP contribution in [0.15, 0.2) is 51.3 Å². The summed E-state index contributed by atoms with van der Waals surface area (Å²) in [4.78, 5) is 24.0. The molecule has 0 spiro atoms. The Morgan fingerprint density at radius 1 is 1.25 bits per heavy atom. The van der Waals surface area contributed by atoms with Gasteiger partial charge in [-0.2, -0.15) is 4.37 Å². The molecular formula is C22H17ClN2O6S. The van der Waals surface area contributed by atoms with Gasteiger partial charge in [-0.25, -0.2) is 4.79 Å². The van der Waals surface area contributed by atoms with E-state index in [1.807, 2.05) is 30.3 Å². The number of carboxylic acid groups (broad SMARTS) is 1. The third kappa shape index (κ3) is 3.53. The third-order valence-electron chi connectivity index (χ3n) is 5.51. The highest BCUT2D eigenvalue weighted by atomic mass is 35.5. The Morgan fingerprint density at radius 2 is 2.00 bits per heavy atom. The number of nitrogens with zero attached hydrogens (tertiary/aromatic N) is 1. The topological polar surface area (TPSA) is 115 Å². The number of carbonyl (C=O) groups is 2. The van der Waals surface area contributed by atoms with Gasteiger partial charge >= 0.3 is 12.1 Å². The molecule has 0 radical (unpaired) electrons. The first-order chi connectivity index (χ1) is 15.4. The highest BCUT2D eigenvalue weighted by Gasteiger charge is 2.54. The van der Waals surface area contributed by atoms with Gasteiger partial charge < -0.3 is 18.7 Å². The first-order valence-corrected chi connectivity index (χ1v) is 11.0. The van der Waals surface area contributed by atoms with Gasteiger partial charge in [0.1, 0.15) is 33.0 Å². The van der Waals surface area contributed by atoms with Gasteiger partial charge in [-0.05, 0) is 49.0 Å². The molecule has 3 heterocycles. The molecule has 164 valence electrons. The number of furan rings is 2. The molecule has 5 rings (SSSR count). The van der Waals surface area contributed by atoms with Crippen LogP contribution in [0.25, 0.3) is 22.6 Å². The molecule has 0 saturated heterocycles. The van der Waals surface area contributed by atoms with Crippen molar-refractivity contribution >= 4 is 52.0 Å². The lowest BCUT2D eigenvalue weighted by Gasteiger charge is -2.14. The molecule has 1 fully saturated rings.